The molecule has 0 aliphatic heterocycles. The molecule has 1 nitrogen and oxygen atoms in total. The van der Waals surface area contributed by atoms with Crippen molar-refractivity contribution in [3.63, 3.8) is 0 Å². The molecule has 0 bridgehead atoms. The molecule has 0 spiro atoms. The third-order valence-electron chi connectivity index (χ3n) is 4.08. The third kappa shape index (κ3) is 3.30. The topological polar surface area (TPSA) is 20.2 Å². The van der Waals surface area contributed by atoms with Gasteiger partial charge in [0, 0.05) is 5.56 Å². The summed E-state index contributed by atoms with van der Waals surface area (Å²) < 4.78 is 0. The molecule has 1 aromatic carbocycles. The molecule has 1 aliphatic rings. The van der Waals surface area contributed by atoms with E-state index in [1.807, 2.05) is 0 Å². The summed E-state index contributed by atoms with van der Waals surface area (Å²) >= 11 is 0. The maximum Gasteiger partial charge on any atom is 0.168 e. The SMILES string of the molecule is C[S+](C)[C@@H](c1ccccc1)[C@H](O)C1CCCCC1. The van der Waals surface area contributed by atoms with Crippen molar-refractivity contribution in [2.24, 2.45) is 5.92 Å². The Morgan fingerprint density at radius 1 is 1.06 bits per heavy atom. The second-order valence-corrected chi connectivity index (χ2v) is 7.87. The number of rotatable bonds is 4. The van der Waals surface area contributed by atoms with Crippen molar-refractivity contribution >= 4 is 10.9 Å². The minimum absolute atomic E-state index is 0.161. The van der Waals surface area contributed by atoms with Crippen molar-refractivity contribution in [3.8, 4) is 0 Å². The molecular weight excluding hydrogens is 240 g/mol. The predicted octanol–water partition coefficient (Wildman–Crippen LogP) is 3.55. The lowest BCUT2D eigenvalue weighted by Crippen LogP contribution is -2.33. The summed E-state index contributed by atoms with van der Waals surface area (Å²) in [7, 11) is 0.214. The normalized spacial score (nSPS) is 20.9. The maximum absolute atomic E-state index is 10.8. The Bertz CT molecular complexity index is 343. The van der Waals surface area contributed by atoms with Crippen molar-refractivity contribution in [2.45, 2.75) is 43.5 Å². The Morgan fingerprint density at radius 2 is 1.67 bits per heavy atom. The first-order valence-electron chi connectivity index (χ1n) is 6.99. The van der Waals surface area contributed by atoms with Gasteiger partial charge in [-0.1, -0.05) is 49.6 Å². The van der Waals surface area contributed by atoms with E-state index in [9.17, 15) is 5.11 Å². The zero-order valence-corrected chi connectivity index (χ0v) is 12.3. The van der Waals surface area contributed by atoms with E-state index < -0.39 is 0 Å². The molecule has 0 amide bonds. The van der Waals surface area contributed by atoms with Crippen LogP contribution in [0, 0.1) is 5.92 Å². The highest BCUT2D eigenvalue weighted by Crippen LogP contribution is 2.36. The Morgan fingerprint density at radius 3 is 2.22 bits per heavy atom. The molecule has 100 valence electrons. The quantitative estimate of drug-likeness (QED) is 0.826. The number of aliphatic hydroxyl groups excluding tert-OH is 1. The van der Waals surface area contributed by atoms with E-state index in [1.165, 1.54) is 37.7 Å². The molecule has 1 N–H and O–H groups in total. The van der Waals surface area contributed by atoms with Gasteiger partial charge in [0.05, 0.1) is 12.5 Å². The summed E-state index contributed by atoms with van der Waals surface area (Å²) in [5.41, 5.74) is 1.31. The highest BCUT2D eigenvalue weighted by atomic mass is 32.2. The van der Waals surface area contributed by atoms with Gasteiger partial charge < -0.3 is 5.11 Å². The van der Waals surface area contributed by atoms with Crippen molar-refractivity contribution in [2.75, 3.05) is 12.5 Å². The first-order chi connectivity index (χ1) is 8.70. The van der Waals surface area contributed by atoms with Gasteiger partial charge in [-0.05, 0) is 29.7 Å². The second kappa shape index (κ2) is 6.63. The van der Waals surface area contributed by atoms with Crippen LogP contribution in [0.15, 0.2) is 30.3 Å². The summed E-state index contributed by atoms with van der Waals surface area (Å²) in [6.45, 7) is 0. The molecule has 18 heavy (non-hydrogen) atoms. The molecular formula is C16H25OS+. The van der Waals surface area contributed by atoms with E-state index in [0.717, 1.165) is 0 Å². The first-order valence-corrected chi connectivity index (χ1v) is 9.10. The molecule has 1 fully saturated rings. The van der Waals surface area contributed by atoms with Crippen LogP contribution in [0.4, 0.5) is 0 Å². The number of benzene rings is 1. The van der Waals surface area contributed by atoms with E-state index in [0.29, 0.717) is 11.2 Å². The van der Waals surface area contributed by atoms with Crippen LogP contribution in [-0.4, -0.2) is 23.7 Å². The Hall–Kier alpha value is -0.470. The molecule has 0 aromatic heterocycles. The molecule has 0 saturated heterocycles. The van der Waals surface area contributed by atoms with Gasteiger partial charge in [0.1, 0.15) is 6.10 Å². The highest BCUT2D eigenvalue weighted by Gasteiger charge is 2.37. The van der Waals surface area contributed by atoms with Crippen LogP contribution in [0.2, 0.25) is 0 Å². The van der Waals surface area contributed by atoms with E-state index in [-0.39, 0.29) is 17.0 Å². The fourth-order valence-corrected chi connectivity index (χ4v) is 4.60. The van der Waals surface area contributed by atoms with Gasteiger partial charge in [0.25, 0.3) is 0 Å². The van der Waals surface area contributed by atoms with Crippen LogP contribution in [0.3, 0.4) is 0 Å². The van der Waals surface area contributed by atoms with Crippen LogP contribution in [0.1, 0.15) is 42.9 Å². The first kappa shape index (κ1) is 14.0. The van der Waals surface area contributed by atoms with Crippen molar-refractivity contribution < 1.29 is 5.11 Å². The molecule has 2 atom stereocenters. The van der Waals surface area contributed by atoms with E-state index >= 15 is 0 Å². The zero-order valence-electron chi connectivity index (χ0n) is 11.5. The van der Waals surface area contributed by atoms with E-state index in [1.54, 1.807) is 0 Å². The second-order valence-electron chi connectivity index (χ2n) is 5.60. The minimum Gasteiger partial charge on any atom is -0.387 e. The van der Waals surface area contributed by atoms with Gasteiger partial charge >= 0.3 is 0 Å². The molecule has 2 rings (SSSR count). The Labute approximate surface area is 114 Å². The van der Waals surface area contributed by atoms with E-state index in [4.69, 9.17) is 0 Å². The summed E-state index contributed by atoms with van der Waals surface area (Å²) in [5, 5.41) is 11.1. The average Bonchev–Trinajstić information content (AvgIpc) is 2.40. The number of aliphatic hydroxyl groups is 1. The Balaban J connectivity index is 2.14. The van der Waals surface area contributed by atoms with Crippen LogP contribution in [-0.2, 0) is 10.9 Å². The van der Waals surface area contributed by atoms with Crippen molar-refractivity contribution in [1.82, 2.24) is 0 Å². The van der Waals surface area contributed by atoms with E-state index in [2.05, 4.69) is 42.8 Å². The minimum atomic E-state index is -0.161. The average molecular weight is 265 g/mol. The number of hydrogen-bond donors (Lipinski definition) is 1. The van der Waals surface area contributed by atoms with Crippen LogP contribution in [0.5, 0.6) is 0 Å². The fourth-order valence-electron chi connectivity index (χ4n) is 3.11. The summed E-state index contributed by atoms with van der Waals surface area (Å²) in [6, 6.07) is 10.6. The summed E-state index contributed by atoms with van der Waals surface area (Å²) in [6.07, 6.45) is 10.7. The van der Waals surface area contributed by atoms with Crippen LogP contribution in [0.25, 0.3) is 0 Å². The lowest BCUT2D eigenvalue weighted by Gasteiger charge is -2.30. The van der Waals surface area contributed by atoms with Crippen LogP contribution >= 0.6 is 0 Å². The molecule has 1 saturated carbocycles. The lowest BCUT2D eigenvalue weighted by molar-refractivity contribution is 0.0819. The molecule has 1 aromatic rings. The van der Waals surface area contributed by atoms with Crippen molar-refractivity contribution in [3.05, 3.63) is 35.9 Å². The lowest BCUT2D eigenvalue weighted by atomic mass is 9.83. The fraction of sp³-hybridized carbons (Fsp3) is 0.625. The van der Waals surface area contributed by atoms with Gasteiger partial charge in [-0.15, -0.1) is 0 Å². The standard InChI is InChI=1S/C16H25OS/c1-18(2)16(14-11-7-4-8-12-14)15(17)13-9-5-3-6-10-13/h4,7-8,11-13,15-17H,3,5-6,9-10H2,1-2H3/q+1/t15-,16+/m1/s1. The number of hydrogen-bond acceptors (Lipinski definition) is 1. The van der Waals surface area contributed by atoms with Crippen LogP contribution < -0.4 is 0 Å². The van der Waals surface area contributed by atoms with Gasteiger partial charge in [0.15, 0.2) is 5.25 Å². The summed E-state index contributed by atoms with van der Waals surface area (Å²) in [5.74, 6) is 0.513. The molecule has 0 heterocycles. The van der Waals surface area contributed by atoms with Gasteiger partial charge in [-0.25, -0.2) is 0 Å². The maximum atomic E-state index is 10.8. The molecule has 2 heteroatoms. The highest BCUT2D eigenvalue weighted by molar-refractivity contribution is 7.95. The monoisotopic (exact) mass is 265 g/mol. The smallest absolute Gasteiger partial charge is 0.168 e. The summed E-state index contributed by atoms with van der Waals surface area (Å²) in [4.78, 5) is 0. The predicted molar refractivity (Wildman–Crippen MR) is 81.0 cm³/mol. The molecule has 1 aliphatic carbocycles. The largest absolute Gasteiger partial charge is 0.387 e. The zero-order chi connectivity index (χ0) is 13.0. The molecule has 0 unspecified atom stereocenters. The van der Waals surface area contributed by atoms with Crippen molar-refractivity contribution in [1.29, 1.82) is 0 Å². The van der Waals surface area contributed by atoms with Gasteiger partial charge in [-0.2, -0.15) is 0 Å². The van der Waals surface area contributed by atoms with Gasteiger partial charge in [0.2, 0.25) is 0 Å². The third-order valence-corrected chi connectivity index (χ3v) is 5.65. The molecule has 0 radical (unpaired) electrons. The van der Waals surface area contributed by atoms with Gasteiger partial charge in [-0.3, -0.25) is 0 Å². The Kier molecular flexibility index (Phi) is 5.13.